The molecule has 8 nitrogen and oxygen atoms in total. The second-order valence-corrected chi connectivity index (χ2v) is 4.85. The molecule has 3 aromatic heterocycles. The molecule has 0 unspecified atom stereocenters. The van der Waals surface area contributed by atoms with Crippen LogP contribution in [0.2, 0.25) is 0 Å². The van der Waals surface area contributed by atoms with Crippen LogP contribution < -0.4 is 11.1 Å². The number of aryl methyl sites for hydroxylation is 1. The largest absolute Gasteiger partial charge is 0.467 e. The number of nitrogens with two attached hydrogens (primary N) is 1. The Hall–Kier alpha value is -2.61. The highest BCUT2D eigenvalue weighted by Gasteiger charge is 2.08. The Kier molecular flexibility index (Phi) is 4.19. The summed E-state index contributed by atoms with van der Waals surface area (Å²) in [6, 6.07) is 3.73. The minimum absolute atomic E-state index is 0.426. The molecule has 0 fully saturated rings. The molecule has 3 N–H and O–H groups in total. The maximum atomic E-state index is 5.90. The third kappa shape index (κ3) is 3.17. The lowest BCUT2D eigenvalue weighted by molar-refractivity contribution is 0.106. The molecule has 0 atom stereocenters. The van der Waals surface area contributed by atoms with Crippen LogP contribution in [-0.2, 0) is 18.4 Å². The molecule has 0 saturated heterocycles. The van der Waals surface area contributed by atoms with Crippen LogP contribution in [-0.4, -0.2) is 32.9 Å². The van der Waals surface area contributed by atoms with Crippen molar-refractivity contribution >= 4 is 22.8 Å². The molecule has 0 saturated carbocycles. The predicted octanol–water partition coefficient (Wildman–Crippen LogP) is 1.56. The van der Waals surface area contributed by atoms with E-state index in [0.717, 1.165) is 17.6 Å². The second-order valence-electron chi connectivity index (χ2n) is 4.85. The van der Waals surface area contributed by atoms with Crippen LogP contribution in [0.4, 0.5) is 11.8 Å². The molecule has 0 aromatic carbocycles. The van der Waals surface area contributed by atoms with E-state index in [1.54, 1.807) is 17.1 Å². The Balaban J connectivity index is 1.46. The molecular weight excluding hydrogens is 284 g/mol. The summed E-state index contributed by atoms with van der Waals surface area (Å²) in [5.41, 5.74) is 6.61. The van der Waals surface area contributed by atoms with Crippen molar-refractivity contribution in [3.05, 3.63) is 30.4 Å². The number of rotatable bonds is 7. The van der Waals surface area contributed by atoms with E-state index in [1.807, 2.05) is 19.2 Å². The van der Waals surface area contributed by atoms with Gasteiger partial charge in [0.15, 0.2) is 5.65 Å². The maximum Gasteiger partial charge on any atom is 0.226 e. The number of hydrogen-bond acceptors (Lipinski definition) is 7. The van der Waals surface area contributed by atoms with Gasteiger partial charge >= 0.3 is 0 Å². The Morgan fingerprint density at radius 3 is 3.14 bits per heavy atom. The summed E-state index contributed by atoms with van der Waals surface area (Å²) in [5, 5.41) is 8.02. The lowest BCUT2D eigenvalue weighted by Crippen LogP contribution is -2.10. The summed E-state index contributed by atoms with van der Waals surface area (Å²) in [5.74, 6) is 1.75. The van der Waals surface area contributed by atoms with Gasteiger partial charge in [0, 0.05) is 20.2 Å². The van der Waals surface area contributed by atoms with Crippen molar-refractivity contribution in [3.8, 4) is 0 Å². The summed E-state index contributed by atoms with van der Waals surface area (Å²) >= 11 is 0. The third-order valence-electron chi connectivity index (χ3n) is 3.19. The van der Waals surface area contributed by atoms with Crippen LogP contribution in [0.1, 0.15) is 12.2 Å². The highest BCUT2D eigenvalue weighted by molar-refractivity contribution is 5.86. The Morgan fingerprint density at radius 2 is 2.32 bits per heavy atom. The Bertz CT molecular complexity index is 737. The van der Waals surface area contributed by atoms with E-state index in [9.17, 15) is 0 Å². The fourth-order valence-electron chi connectivity index (χ4n) is 2.06. The van der Waals surface area contributed by atoms with Gasteiger partial charge in [-0.25, -0.2) is 0 Å². The van der Waals surface area contributed by atoms with E-state index in [4.69, 9.17) is 14.9 Å². The maximum absolute atomic E-state index is 5.90. The molecule has 3 rings (SSSR count). The zero-order valence-corrected chi connectivity index (χ0v) is 12.3. The van der Waals surface area contributed by atoms with E-state index in [0.29, 0.717) is 37.2 Å². The zero-order valence-electron chi connectivity index (χ0n) is 12.3. The van der Waals surface area contributed by atoms with Crippen LogP contribution in [0.15, 0.2) is 29.0 Å². The van der Waals surface area contributed by atoms with E-state index in [-0.39, 0.29) is 0 Å². The van der Waals surface area contributed by atoms with Crippen molar-refractivity contribution in [1.82, 2.24) is 19.7 Å². The number of hydrogen-bond donors (Lipinski definition) is 2. The lowest BCUT2D eigenvalue weighted by atomic mass is 10.4. The molecule has 0 aliphatic rings. The summed E-state index contributed by atoms with van der Waals surface area (Å²) in [4.78, 5) is 8.62. The first-order chi connectivity index (χ1) is 10.7. The first kappa shape index (κ1) is 14.3. The molecule has 3 heterocycles. The number of nitrogen functional groups attached to an aromatic ring is 1. The van der Waals surface area contributed by atoms with Gasteiger partial charge < -0.3 is 20.2 Å². The lowest BCUT2D eigenvalue weighted by Gasteiger charge is -2.06. The molecule has 0 aliphatic carbocycles. The number of fused-ring (bicyclic) bond motifs is 1. The molecule has 0 bridgehead atoms. The van der Waals surface area contributed by atoms with Gasteiger partial charge in [-0.1, -0.05) is 0 Å². The van der Waals surface area contributed by atoms with Crippen LogP contribution in [0.25, 0.3) is 11.0 Å². The molecule has 0 radical (unpaired) electrons. The number of nitrogens with one attached hydrogen (secondary N) is 1. The van der Waals surface area contributed by atoms with Crippen molar-refractivity contribution in [2.75, 3.05) is 24.2 Å². The van der Waals surface area contributed by atoms with Crippen molar-refractivity contribution in [3.63, 3.8) is 0 Å². The van der Waals surface area contributed by atoms with Crippen molar-refractivity contribution in [1.29, 1.82) is 0 Å². The van der Waals surface area contributed by atoms with Crippen molar-refractivity contribution < 1.29 is 9.15 Å². The molecule has 0 aliphatic heterocycles. The van der Waals surface area contributed by atoms with E-state index in [1.165, 1.54) is 0 Å². The molecule has 0 spiro atoms. The van der Waals surface area contributed by atoms with E-state index >= 15 is 0 Å². The van der Waals surface area contributed by atoms with Gasteiger partial charge in [-0.05, 0) is 18.6 Å². The van der Waals surface area contributed by atoms with Gasteiger partial charge in [0.25, 0.3) is 0 Å². The van der Waals surface area contributed by atoms with Crippen molar-refractivity contribution in [2.24, 2.45) is 7.05 Å². The minimum Gasteiger partial charge on any atom is -0.467 e. The number of aromatic nitrogens is 4. The molecule has 22 heavy (non-hydrogen) atoms. The van der Waals surface area contributed by atoms with Gasteiger partial charge in [0.1, 0.15) is 18.2 Å². The SMILES string of the molecule is Cn1ncc2c(N)nc(NCCCOCc3ccco3)nc21. The first-order valence-corrected chi connectivity index (χ1v) is 7.03. The fourth-order valence-corrected chi connectivity index (χ4v) is 2.06. The average molecular weight is 302 g/mol. The number of furan rings is 1. The second kappa shape index (κ2) is 6.44. The zero-order chi connectivity index (χ0) is 15.4. The van der Waals surface area contributed by atoms with Crippen LogP contribution in [0.3, 0.4) is 0 Å². The first-order valence-electron chi connectivity index (χ1n) is 7.03. The normalized spacial score (nSPS) is 11.1. The van der Waals surface area contributed by atoms with Gasteiger partial charge in [0.2, 0.25) is 5.95 Å². The van der Waals surface area contributed by atoms with Gasteiger partial charge in [-0.15, -0.1) is 0 Å². The smallest absolute Gasteiger partial charge is 0.226 e. The highest BCUT2D eigenvalue weighted by atomic mass is 16.5. The topological polar surface area (TPSA) is 104 Å². The number of anilines is 2. The van der Waals surface area contributed by atoms with Gasteiger partial charge in [-0.3, -0.25) is 4.68 Å². The molecular formula is C14H18N6O2. The van der Waals surface area contributed by atoms with E-state index in [2.05, 4.69) is 20.4 Å². The van der Waals surface area contributed by atoms with Crippen LogP contribution >= 0.6 is 0 Å². The van der Waals surface area contributed by atoms with Gasteiger partial charge in [-0.2, -0.15) is 15.1 Å². The summed E-state index contributed by atoms with van der Waals surface area (Å²) in [6.45, 7) is 1.80. The summed E-state index contributed by atoms with van der Waals surface area (Å²) < 4.78 is 12.4. The van der Waals surface area contributed by atoms with Crippen LogP contribution in [0, 0.1) is 0 Å². The van der Waals surface area contributed by atoms with Crippen LogP contribution in [0.5, 0.6) is 0 Å². The van der Waals surface area contributed by atoms with E-state index < -0.39 is 0 Å². The van der Waals surface area contributed by atoms with Crippen molar-refractivity contribution in [2.45, 2.75) is 13.0 Å². The van der Waals surface area contributed by atoms with Gasteiger partial charge in [0.05, 0.1) is 17.8 Å². The fraction of sp³-hybridized carbons (Fsp3) is 0.357. The molecule has 8 heteroatoms. The summed E-state index contributed by atoms with van der Waals surface area (Å²) in [6.07, 6.45) is 4.13. The minimum atomic E-state index is 0.426. The Labute approximate surface area is 127 Å². The monoisotopic (exact) mass is 302 g/mol. The highest BCUT2D eigenvalue weighted by Crippen LogP contribution is 2.18. The quantitative estimate of drug-likeness (QED) is 0.638. The number of nitrogens with zero attached hydrogens (tertiary/aromatic N) is 4. The molecule has 116 valence electrons. The molecule has 3 aromatic rings. The standard InChI is InChI=1S/C14H18N6O2/c1-20-13-11(8-17-20)12(15)18-14(19-13)16-5-3-6-21-9-10-4-2-7-22-10/h2,4,7-8H,3,5-6,9H2,1H3,(H3,15,16,18,19). The third-order valence-corrected chi connectivity index (χ3v) is 3.19. The predicted molar refractivity (Wildman–Crippen MR) is 82.2 cm³/mol. The Morgan fingerprint density at radius 1 is 1.41 bits per heavy atom. The average Bonchev–Trinajstić information content (AvgIpc) is 3.14. The number of ether oxygens (including phenoxy) is 1. The summed E-state index contributed by atoms with van der Waals surface area (Å²) in [7, 11) is 1.82. The molecule has 0 amide bonds.